The summed E-state index contributed by atoms with van der Waals surface area (Å²) in [5.74, 6) is 0.680. The summed E-state index contributed by atoms with van der Waals surface area (Å²) in [6, 6.07) is 2.37. The van der Waals surface area contributed by atoms with Crippen molar-refractivity contribution in [2.45, 2.75) is 40.2 Å². The van der Waals surface area contributed by atoms with E-state index in [-0.39, 0.29) is 11.7 Å². The second-order valence-electron chi connectivity index (χ2n) is 6.26. The van der Waals surface area contributed by atoms with Gasteiger partial charge in [-0.2, -0.15) is 0 Å². The maximum absolute atomic E-state index is 11.9. The van der Waals surface area contributed by atoms with Crippen molar-refractivity contribution in [1.82, 2.24) is 9.47 Å². The van der Waals surface area contributed by atoms with Crippen molar-refractivity contribution in [3.63, 3.8) is 0 Å². The number of nitrogens with zero attached hydrogens (tertiary/aromatic N) is 2. The molecule has 0 bridgehead atoms. The Hall–Kier alpha value is -0.800. The number of Topliss-reactive ketones (excluding diaryl/α,β-unsaturated/α-hetero) is 1. The molecule has 0 aliphatic rings. The van der Waals surface area contributed by atoms with Crippen LogP contribution >= 0.6 is 11.6 Å². The third-order valence-corrected chi connectivity index (χ3v) is 3.83. The van der Waals surface area contributed by atoms with E-state index in [4.69, 9.17) is 11.6 Å². The zero-order chi connectivity index (χ0) is 15.4. The van der Waals surface area contributed by atoms with Crippen molar-refractivity contribution < 1.29 is 4.79 Å². The molecule has 0 aliphatic carbocycles. The number of halogens is 1. The number of hydrogen-bond donors (Lipinski definition) is 0. The first-order valence-electron chi connectivity index (χ1n) is 7.20. The number of carbonyl (C=O) groups is 1. The molecule has 1 rings (SSSR count). The predicted molar refractivity (Wildman–Crippen MR) is 86.0 cm³/mol. The molecule has 4 heteroatoms. The molecule has 1 aromatic heterocycles. The van der Waals surface area contributed by atoms with Gasteiger partial charge in [0.2, 0.25) is 0 Å². The number of hydrogen-bond acceptors (Lipinski definition) is 2. The average molecular weight is 299 g/mol. The van der Waals surface area contributed by atoms with Crippen LogP contribution in [-0.2, 0) is 0 Å². The molecule has 0 amide bonds. The first-order valence-corrected chi connectivity index (χ1v) is 7.73. The molecule has 3 nitrogen and oxygen atoms in total. The van der Waals surface area contributed by atoms with E-state index in [2.05, 4.69) is 44.3 Å². The van der Waals surface area contributed by atoms with Crippen molar-refractivity contribution >= 4 is 17.4 Å². The summed E-state index contributed by atoms with van der Waals surface area (Å²) in [7, 11) is 4.18. The molecule has 114 valence electrons. The third-order valence-electron chi connectivity index (χ3n) is 3.59. The molecule has 1 atom stereocenters. The van der Waals surface area contributed by atoms with Crippen molar-refractivity contribution in [2.75, 3.05) is 26.5 Å². The van der Waals surface area contributed by atoms with Crippen LogP contribution in [-0.4, -0.2) is 41.8 Å². The van der Waals surface area contributed by atoms with Gasteiger partial charge in [-0.3, -0.25) is 4.79 Å². The van der Waals surface area contributed by atoms with Gasteiger partial charge >= 0.3 is 0 Å². The average Bonchev–Trinajstić information content (AvgIpc) is 2.62. The number of ketones is 1. The first-order chi connectivity index (χ1) is 9.27. The van der Waals surface area contributed by atoms with Crippen LogP contribution in [0, 0.1) is 19.8 Å². The van der Waals surface area contributed by atoms with E-state index in [1.165, 1.54) is 0 Å². The van der Waals surface area contributed by atoms with Gasteiger partial charge in [0.15, 0.2) is 5.78 Å². The number of aryl methyl sites for hydroxylation is 1. The largest absolute Gasteiger partial charge is 0.344 e. The van der Waals surface area contributed by atoms with Crippen molar-refractivity contribution in [1.29, 1.82) is 0 Å². The van der Waals surface area contributed by atoms with Gasteiger partial charge in [0.25, 0.3) is 0 Å². The topological polar surface area (TPSA) is 25.2 Å². The van der Waals surface area contributed by atoms with E-state index in [1.807, 2.05) is 13.0 Å². The third kappa shape index (κ3) is 4.10. The van der Waals surface area contributed by atoms with Crippen LogP contribution in [0.1, 0.15) is 48.1 Å². The van der Waals surface area contributed by atoms with Gasteiger partial charge in [-0.15, -0.1) is 11.6 Å². The van der Waals surface area contributed by atoms with Crippen molar-refractivity contribution in [3.8, 4) is 0 Å². The SMILES string of the molecule is Cc1cc(C(=O)CCl)c(C)n1C(CC(C)C)CN(C)C. The number of likely N-dealkylation sites (N-methyl/N-ethyl adjacent to an activating group) is 1. The number of alkyl halides is 1. The number of carbonyl (C=O) groups excluding carboxylic acids is 1. The van der Waals surface area contributed by atoms with Gasteiger partial charge < -0.3 is 9.47 Å². The lowest BCUT2D eigenvalue weighted by atomic mass is 10.0. The monoisotopic (exact) mass is 298 g/mol. The van der Waals surface area contributed by atoms with E-state index < -0.39 is 0 Å². The first kappa shape index (κ1) is 17.3. The molecular formula is C16H27ClN2O. The Balaban J connectivity index is 3.19. The summed E-state index contributed by atoms with van der Waals surface area (Å²) in [6.07, 6.45) is 1.10. The van der Waals surface area contributed by atoms with Crippen LogP contribution in [0.2, 0.25) is 0 Å². The Morgan fingerprint density at radius 2 is 1.95 bits per heavy atom. The molecule has 0 N–H and O–H groups in total. The minimum Gasteiger partial charge on any atom is -0.344 e. The predicted octanol–water partition coefficient (Wildman–Crippen LogP) is 3.68. The maximum atomic E-state index is 11.9. The molecule has 0 aromatic carbocycles. The van der Waals surface area contributed by atoms with Gasteiger partial charge in [-0.1, -0.05) is 13.8 Å². The van der Waals surface area contributed by atoms with Gasteiger partial charge in [0, 0.05) is 29.5 Å². The van der Waals surface area contributed by atoms with E-state index in [9.17, 15) is 4.79 Å². The summed E-state index contributed by atoms with van der Waals surface area (Å²) >= 11 is 5.70. The molecule has 1 unspecified atom stereocenters. The van der Waals surface area contributed by atoms with Crippen LogP contribution in [0.4, 0.5) is 0 Å². The van der Waals surface area contributed by atoms with Crippen molar-refractivity contribution in [2.24, 2.45) is 5.92 Å². The van der Waals surface area contributed by atoms with Crippen LogP contribution in [0.3, 0.4) is 0 Å². The maximum Gasteiger partial charge on any atom is 0.179 e. The van der Waals surface area contributed by atoms with Crippen LogP contribution < -0.4 is 0 Å². The minimum absolute atomic E-state index is 0.0131. The van der Waals surface area contributed by atoms with E-state index in [0.717, 1.165) is 29.9 Å². The molecule has 0 saturated carbocycles. The Labute approximate surface area is 127 Å². The lowest BCUT2D eigenvalue weighted by Gasteiger charge is -2.27. The molecule has 0 fully saturated rings. The number of rotatable bonds is 7. The standard InChI is InChI=1S/C16H27ClN2O/c1-11(2)7-14(10-18(5)6)19-12(3)8-15(13(19)4)16(20)9-17/h8,11,14H,7,9-10H2,1-6H3. The molecule has 1 heterocycles. The fourth-order valence-electron chi connectivity index (χ4n) is 2.92. The zero-order valence-electron chi connectivity index (χ0n) is 13.5. The zero-order valence-corrected chi connectivity index (χ0v) is 14.3. The Morgan fingerprint density at radius 1 is 1.35 bits per heavy atom. The van der Waals surface area contributed by atoms with Crippen LogP contribution in [0.5, 0.6) is 0 Å². The highest BCUT2D eigenvalue weighted by Crippen LogP contribution is 2.26. The molecule has 0 spiro atoms. The van der Waals surface area contributed by atoms with Gasteiger partial charge in [0.05, 0.1) is 5.88 Å². The minimum atomic E-state index is 0.0131. The Morgan fingerprint density at radius 3 is 2.40 bits per heavy atom. The van der Waals surface area contributed by atoms with Crippen molar-refractivity contribution in [3.05, 3.63) is 23.0 Å². The normalized spacial score (nSPS) is 13.2. The van der Waals surface area contributed by atoms with E-state index in [1.54, 1.807) is 0 Å². The van der Waals surface area contributed by atoms with Gasteiger partial charge in [-0.25, -0.2) is 0 Å². The second kappa shape index (κ2) is 7.28. The fourth-order valence-corrected chi connectivity index (χ4v) is 3.06. The second-order valence-corrected chi connectivity index (χ2v) is 6.52. The smallest absolute Gasteiger partial charge is 0.179 e. The highest BCUT2D eigenvalue weighted by atomic mass is 35.5. The Kier molecular flexibility index (Phi) is 6.28. The quantitative estimate of drug-likeness (QED) is 0.567. The Bertz CT molecular complexity index is 453. The molecule has 1 aromatic rings. The lowest BCUT2D eigenvalue weighted by molar-refractivity contribution is 0.102. The fraction of sp³-hybridized carbons (Fsp3) is 0.688. The summed E-state index contributed by atoms with van der Waals surface area (Å²) < 4.78 is 2.31. The van der Waals surface area contributed by atoms with Gasteiger partial charge in [0.1, 0.15) is 0 Å². The van der Waals surface area contributed by atoms with Gasteiger partial charge in [-0.05, 0) is 46.3 Å². The van der Waals surface area contributed by atoms with Crippen LogP contribution in [0.15, 0.2) is 6.07 Å². The summed E-state index contributed by atoms with van der Waals surface area (Å²) in [5, 5.41) is 0. The highest BCUT2D eigenvalue weighted by molar-refractivity contribution is 6.30. The number of aromatic nitrogens is 1. The van der Waals surface area contributed by atoms with E-state index in [0.29, 0.717) is 12.0 Å². The summed E-state index contributed by atoms with van der Waals surface area (Å²) in [4.78, 5) is 14.1. The van der Waals surface area contributed by atoms with Crippen LogP contribution in [0.25, 0.3) is 0 Å². The molecule has 20 heavy (non-hydrogen) atoms. The molecule has 0 saturated heterocycles. The highest BCUT2D eigenvalue weighted by Gasteiger charge is 2.21. The molecule has 0 radical (unpaired) electrons. The summed E-state index contributed by atoms with van der Waals surface area (Å²) in [6.45, 7) is 9.54. The molecule has 0 aliphatic heterocycles. The molecular weight excluding hydrogens is 272 g/mol. The lowest BCUT2D eigenvalue weighted by Crippen LogP contribution is -2.27. The van der Waals surface area contributed by atoms with E-state index >= 15 is 0 Å². The summed E-state index contributed by atoms with van der Waals surface area (Å²) in [5.41, 5.74) is 2.95.